The van der Waals surface area contributed by atoms with E-state index in [0.29, 0.717) is 6.04 Å². The lowest BCUT2D eigenvalue weighted by molar-refractivity contribution is 0.225. The highest BCUT2D eigenvalue weighted by atomic mass is 15.3. The third-order valence-corrected chi connectivity index (χ3v) is 3.42. The molecule has 4 heteroatoms. The molecule has 1 aromatic heterocycles. The zero-order chi connectivity index (χ0) is 11.5. The number of aryl methyl sites for hydroxylation is 2. The molecule has 0 aliphatic carbocycles. The lowest BCUT2D eigenvalue weighted by Crippen LogP contribution is -2.30. The van der Waals surface area contributed by atoms with E-state index in [9.17, 15) is 0 Å². The van der Waals surface area contributed by atoms with Crippen LogP contribution in [-0.2, 0) is 7.05 Å². The van der Waals surface area contributed by atoms with E-state index in [1.165, 1.54) is 18.5 Å². The van der Waals surface area contributed by atoms with Crippen LogP contribution in [0.3, 0.4) is 0 Å². The summed E-state index contributed by atoms with van der Waals surface area (Å²) in [5, 5.41) is 7.87. The lowest BCUT2D eigenvalue weighted by Gasteiger charge is -2.27. The molecule has 0 radical (unpaired) electrons. The van der Waals surface area contributed by atoms with Gasteiger partial charge in [0.2, 0.25) is 0 Å². The first-order valence-electron chi connectivity index (χ1n) is 6.13. The summed E-state index contributed by atoms with van der Waals surface area (Å²) in [5.41, 5.74) is 2.52. The molecule has 16 heavy (non-hydrogen) atoms. The quantitative estimate of drug-likeness (QED) is 0.813. The molecule has 2 heterocycles. The first kappa shape index (κ1) is 11.6. The van der Waals surface area contributed by atoms with Gasteiger partial charge in [0.25, 0.3) is 0 Å². The Bertz CT molecular complexity index is 337. The normalized spacial score (nSPS) is 20.7. The van der Waals surface area contributed by atoms with E-state index in [0.717, 1.165) is 25.3 Å². The first-order valence-corrected chi connectivity index (χ1v) is 6.13. The largest absolute Gasteiger partial charge is 0.315 e. The standard InChI is InChI=1S/C12H22N4/c1-10-12(9-15(3)14-10)11(2)16-7-4-5-13-6-8-16/h9,11,13H,4-8H2,1-3H3. The maximum atomic E-state index is 4.42. The van der Waals surface area contributed by atoms with Crippen molar-refractivity contribution in [1.29, 1.82) is 0 Å². The number of aromatic nitrogens is 2. The molecule has 1 fully saturated rings. The van der Waals surface area contributed by atoms with Gasteiger partial charge in [0, 0.05) is 37.9 Å². The molecule has 0 aromatic carbocycles. The van der Waals surface area contributed by atoms with E-state index < -0.39 is 0 Å². The van der Waals surface area contributed by atoms with Crippen LogP contribution in [-0.4, -0.2) is 40.9 Å². The van der Waals surface area contributed by atoms with Gasteiger partial charge in [0.15, 0.2) is 0 Å². The Morgan fingerprint density at radius 2 is 2.19 bits per heavy atom. The van der Waals surface area contributed by atoms with Gasteiger partial charge in [-0.1, -0.05) is 0 Å². The Morgan fingerprint density at radius 3 is 2.88 bits per heavy atom. The molecular weight excluding hydrogens is 200 g/mol. The Hall–Kier alpha value is -0.870. The van der Waals surface area contributed by atoms with E-state index in [4.69, 9.17) is 0 Å². The summed E-state index contributed by atoms with van der Waals surface area (Å²) in [4.78, 5) is 2.55. The van der Waals surface area contributed by atoms with Crippen molar-refractivity contribution < 1.29 is 0 Å². The molecule has 2 rings (SSSR count). The average molecular weight is 222 g/mol. The molecule has 1 aliphatic heterocycles. The van der Waals surface area contributed by atoms with Crippen molar-refractivity contribution in [3.63, 3.8) is 0 Å². The molecule has 1 atom stereocenters. The van der Waals surface area contributed by atoms with Gasteiger partial charge in [-0.2, -0.15) is 5.10 Å². The average Bonchev–Trinajstić information content (AvgIpc) is 2.49. The van der Waals surface area contributed by atoms with Gasteiger partial charge < -0.3 is 5.32 Å². The van der Waals surface area contributed by atoms with Crippen LogP contribution in [0, 0.1) is 6.92 Å². The predicted molar refractivity (Wildman–Crippen MR) is 65.4 cm³/mol. The fraction of sp³-hybridized carbons (Fsp3) is 0.750. The topological polar surface area (TPSA) is 33.1 Å². The highest BCUT2D eigenvalue weighted by molar-refractivity contribution is 5.19. The Balaban J connectivity index is 2.10. The van der Waals surface area contributed by atoms with E-state index >= 15 is 0 Å². The van der Waals surface area contributed by atoms with Crippen molar-refractivity contribution in [2.75, 3.05) is 26.2 Å². The lowest BCUT2D eigenvalue weighted by atomic mass is 10.1. The van der Waals surface area contributed by atoms with E-state index in [1.807, 2.05) is 11.7 Å². The molecule has 1 aromatic rings. The third kappa shape index (κ3) is 2.44. The van der Waals surface area contributed by atoms with Gasteiger partial charge in [-0.25, -0.2) is 0 Å². The monoisotopic (exact) mass is 222 g/mol. The number of nitrogens with zero attached hydrogens (tertiary/aromatic N) is 3. The zero-order valence-corrected chi connectivity index (χ0v) is 10.5. The minimum atomic E-state index is 0.480. The fourth-order valence-electron chi connectivity index (χ4n) is 2.48. The zero-order valence-electron chi connectivity index (χ0n) is 10.5. The molecule has 0 bridgehead atoms. The number of hydrogen-bond donors (Lipinski definition) is 1. The smallest absolute Gasteiger partial charge is 0.0641 e. The predicted octanol–water partition coefficient (Wildman–Crippen LogP) is 1.08. The molecule has 1 aliphatic rings. The van der Waals surface area contributed by atoms with E-state index in [2.05, 4.69) is 35.4 Å². The molecule has 1 N–H and O–H groups in total. The Morgan fingerprint density at radius 1 is 1.38 bits per heavy atom. The van der Waals surface area contributed by atoms with Crippen molar-refractivity contribution in [3.8, 4) is 0 Å². The molecule has 0 saturated carbocycles. The van der Waals surface area contributed by atoms with Crippen LogP contribution >= 0.6 is 0 Å². The van der Waals surface area contributed by atoms with Crippen LogP contribution in [0.15, 0.2) is 6.20 Å². The Labute approximate surface area is 97.6 Å². The van der Waals surface area contributed by atoms with Gasteiger partial charge in [0.05, 0.1) is 5.69 Å². The van der Waals surface area contributed by atoms with Crippen LogP contribution in [0.4, 0.5) is 0 Å². The van der Waals surface area contributed by atoms with Crippen LogP contribution in [0.25, 0.3) is 0 Å². The summed E-state index contributed by atoms with van der Waals surface area (Å²) in [7, 11) is 1.99. The molecule has 1 saturated heterocycles. The SMILES string of the molecule is Cc1nn(C)cc1C(C)N1CCCNCC1. The second-order valence-corrected chi connectivity index (χ2v) is 4.66. The van der Waals surface area contributed by atoms with Crippen molar-refractivity contribution in [1.82, 2.24) is 20.0 Å². The van der Waals surface area contributed by atoms with Gasteiger partial charge >= 0.3 is 0 Å². The maximum absolute atomic E-state index is 4.42. The molecular formula is C12H22N4. The van der Waals surface area contributed by atoms with Crippen molar-refractivity contribution in [2.24, 2.45) is 7.05 Å². The van der Waals surface area contributed by atoms with Gasteiger partial charge in [0.1, 0.15) is 0 Å². The summed E-state index contributed by atoms with van der Waals surface area (Å²) < 4.78 is 1.91. The number of rotatable bonds is 2. The second kappa shape index (κ2) is 4.97. The minimum absolute atomic E-state index is 0.480. The summed E-state index contributed by atoms with van der Waals surface area (Å²) in [6.07, 6.45) is 3.39. The molecule has 90 valence electrons. The van der Waals surface area contributed by atoms with Gasteiger partial charge in [-0.15, -0.1) is 0 Å². The minimum Gasteiger partial charge on any atom is -0.315 e. The van der Waals surface area contributed by atoms with Crippen LogP contribution in [0.1, 0.15) is 30.6 Å². The number of nitrogens with one attached hydrogen (secondary N) is 1. The van der Waals surface area contributed by atoms with Crippen molar-refractivity contribution in [2.45, 2.75) is 26.3 Å². The summed E-state index contributed by atoms with van der Waals surface area (Å²) in [6.45, 7) is 8.95. The fourth-order valence-corrected chi connectivity index (χ4v) is 2.48. The maximum Gasteiger partial charge on any atom is 0.0641 e. The van der Waals surface area contributed by atoms with E-state index in [1.54, 1.807) is 0 Å². The summed E-state index contributed by atoms with van der Waals surface area (Å²) >= 11 is 0. The van der Waals surface area contributed by atoms with E-state index in [-0.39, 0.29) is 0 Å². The molecule has 0 spiro atoms. The first-order chi connectivity index (χ1) is 7.68. The van der Waals surface area contributed by atoms with Crippen LogP contribution in [0.5, 0.6) is 0 Å². The summed E-state index contributed by atoms with van der Waals surface area (Å²) in [6, 6.07) is 0.480. The van der Waals surface area contributed by atoms with Crippen molar-refractivity contribution in [3.05, 3.63) is 17.5 Å². The Kier molecular flexibility index (Phi) is 3.61. The van der Waals surface area contributed by atoms with Crippen LogP contribution in [0.2, 0.25) is 0 Å². The molecule has 1 unspecified atom stereocenters. The highest BCUT2D eigenvalue weighted by Gasteiger charge is 2.19. The van der Waals surface area contributed by atoms with Gasteiger partial charge in [-0.05, 0) is 33.4 Å². The van der Waals surface area contributed by atoms with Crippen LogP contribution < -0.4 is 5.32 Å². The van der Waals surface area contributed by atoms with Crippen molar-refractivity contribution >= 4 is 0 Å². The van der Waals surface area contributed by atoms with Gasteiger partial charge in [-0.3, -0.25) is 9.58 Å². The molecule has 4 nitrogen and oxygen atoms in total. The highest BCUT2D eigenvalue weighted by Crippen LogP contribution is 2.22. The number of hydrogen-bond acceptors (Lipinski definition) is 3. The second-order valence-electron chi connectivity index (χ2n) is 4.66. The summed E-state index contributed by atoms with van der Waals surface area (Å²) in [5.74, 6) is 0. The molecule has 0 amide bonds. The third-order valence-electron chi connectivity index (χ3n) is 3.42.